The number of aryl methyl sites for hydroxylation is 1. The van der Waals surface area contributed by atoms with Gasteiger partial charge < -0.3 is 10.1 Å². The molecule has 0 aliphatic carbocycles. The Bertz CT molecular complexity index is 701. The summed E-state index contributed by atoms with van der Waals surface area (Å²) in [5.41, 5.74) is 1.20. The van der Waals surface area contributed by atoms with Crippen LogP contribution in [-0.4, -0.2) is 17.4 Å². The summed E-state index contributed by atoms with van der Waals surface area (Å²) in [4.78, 5) is 22.1. The molecule has 22 heavy (non-hydrogen) atoms. The Morgan fingerprint density at radius 1 is 1.27 bits per heavy atom. The van der Waals surface area contributed by atoms with E-state index in [2.05, 4.69) is 27.9 Å². The van der Waals surface area contributed by atoms with Crippen LogP contribution in [0, 0.1) is 20.6 Å². The number of amides is 1. The topological polar surface area (TPSA) is 81.5 Å². The van der Waals surface area contributed by atoms with Gasteiger partial charge in [0.25, 0.3) is 11.6 Å². The van der Waals surface area contributed by atoms with Crippen molar-refractivity contribution < 1.29 is 14.5 Å². The van der Waals surface area contributed by atoms with E-state index in [4.69, 9.17) is 4.74 Å². The number of hydrogen-bond acceptors (Lipinski definition) is 4. The third-order valence-corrected chi connectivity index (χ3v) is 3.58. The Morgan fingerprint density at radius 2 is 1.95 bits per heavy atom. The smallest absolute Gasteiger partial charge is 0.272 e. The van der Waals surface area contributed by atoms with Gasteiger partial charge in [-0.1, -0.05) is 0 Å². The Balaban J connectivity index is 1.92. The van der Waals surface area contributed by atoms with E-state index in [-0.39, 0.29) is 18.2 Å². The van der Waals surface area contributed by atoms with Crippen LogP contribution in [0.15, 0.2) is 42.5 Å². The van der Waals surface area contributed by atoms with Crippen molar-refractivity contribution in [2.75, 3.05) is 11.9 Å². The first-order valence-electron chi connectivity index (χ1n) is 6.39. The van der Waals surface area contributed by atoms with Gasteiger partial charge in [0.1, 0.15) is 5.75 Å². The van der Waals surface area contributed by atoms with Gasteiger partial charge in [-0.05, 0) is 65.9 Å². The number of anilines is 1. The molecule has 0 aliphatic rings. The summed E-state index contributed by atoms with van der Waals surface area (Å²) in [6.45, 7) is 1.46. The van der Waals surface area contributed by atoms with Crippen molar-refractivity contribution in [3.05, 3.63) is 61.7 Å². The van der Waals surface area contributed by atoms with Crippen LogP contribution in [0.2, 0.25) is 0 Å². The average molecular weight is 412 g/mol. The highest BCUT2D eigenvalue weighted by Crippen LogP contribution is 2.23. The number of carbonyl (C=O) groups excluding carboxylic acids is 1. The maximum Gasteiger partial charge on any atom is 0.272 e. The van der Waals surface area contributed by atoms with E-state index in [0.717, 1.165) is 3.57 Å². The van der Waals surface area contributed by atoms with Crippen molar-refractivity contribution in [1.29, 1.82) is 0 Å². The highest BCUT2D eigenvalue weighted by molar-refractivity contribution is 14.1. The molecule has 0 saturated carbocycles. The number of hydrogen-bond donors (Lipinski definition) is 1. The van der Waals surface area contributed by atoms with E-state index in [9.17, 15) is 14.9 Å². The SMILES string of the molecule is Cc1cc(OCC(=O)Nc2ccc(I)cc2)ccc1[N+](=O)[O-]. The highest BCUT2D eigenvalue weighted by atomic mass is 127. The summed E-state index contributed by atoms with van der Waals surface area (Å²) in [6.07, 6.45) is 0. The van der Waals surface area contributed by atoms with Gasteiger partial charge in [0.05, 0.1) is 4.92 Å². The molecule has 0 spiro atoms. The second kappa shape index (κ2) is 7.21. The molecule has 114 valence electrons. The lowest BCUT2D eigenvalue weighted by Crippen LogP contribution is -2.20. The van der Waals surface area contributed by atoms with Crippen LogP contribution in [0.3, 0.4) is 0 Å². The number of ether oxygens (including phenoxy) is 1. The van der Waals surface area contributed by atoms with Crippen molar-refractivity contribution in [2.45, 2.75) is 6.92 Å². The molecule has 1 amide bonds. The molecule has 1 N–H and O–H groups in total. The molecule has 0 radical (unpaired) electrons. The van der Waals surface area contributed by atoms with Crippen LogP contribution in [0.25, 0.3) is 0 Å². The zero-order valence-corrected chi connectivity index (χ0v) is 13.9. The fraction of sp³-hybridized carbons (Fsp3) is 0.133. The van der Waals surface area contributed by atoms with Crippen LogP contribution in [0.5, 0.6) is 5.75 Å². The predicted octanol–water partition coefficient (Wildman–Crippen LogP) is 3.53. The zero-order chi connectivity index (χ0) is 16.1. The van der Waals surface area contributed by atoms with Gasteiger partial charge in [0.15, 0.2) is 6.61 Å². The second-order valence-corrected chi connectivity index (χ2v) is 5.79. The van der Waals surface area contributed by atoms with Crippen molar-refractivity contribution in [2.24, 2.45) is 0 Å². The molecule has 2 rings (SSSR count). The molecule has 0 heterocycles. The molecule has 0 bridgehead atoms. The first-order chi connectivity index (χ1) is 10.5. The van der Waals surface area contributed by atoms with Gasteiger partial charge in [-0.15, -0.1) is 0 Å². The molecular weight excluding hydrogens is 399 g/mol. The Morgan fingerprint density at radius 3 is 2.55 bits per heavy atom. The van der Waals surface area contributed by atoms with Crippen molar-refractivity contribution in [3.63, 3.8) is 0 Å². The van der Waals surface area contributed by atoms with E-state index in [1.165, 1.54) is 18.2 Å². The van der Waals surface area contributed by atoms with Crippen molar-refractivity contribution >= 4 is 39.9 Å². The Kier molecular flexibility index (Phi) is 5.31. The number of nitrogens with zero attached hydrogens (tertiary/aromatic N) is 1. The predicted molar refractivity (Wildman–Crippen MR) is 91.1 cm³/mol. The van der Waals surface area contributed by atoms with Gasteiger partial charge in [-0.2, -0.15) is 0 Å². The van der Waals surface area contributed by atoms with Gasteiger partial charge in [-0.3, -0.25) is 14.9 Å². The molecular formula is C15H13IN2O4. The Hall–Kier alpha value is -2.16. The maximum absolute atomic E-state index is 11.8. The molecule has 0 fully saturated rings. The molecule has 0 unspecified atom stereocenters. The summed E-state index contributed by atoms with van der Waals surface area (Å²) < 4.78 is 6.42. The summed E-state index contributed by atoms with van der Waals surface area (Å²) in [6, 6.07) is 11.8. The molecule has 0 saturated heterocycles. The number of carbonyl (C=O) groups is 1. The van der Waals surface area contributed by atoms with Crippen molar-refractivity contribution in [1.82, 2.24) is 0 Å². The van der Waals surface area contributed by atoms with E-state index in [0.29, 0.717) is 17.0 Å². The fourth-order valence-corrected chi connectivity index (χ4v) is 2.16. The van der Waals surface area contributed by atoms with Gasteiger partial charge in [0.2, 0.25) is 0 Å². The number of nitro benzene ring substituents is 1. The lowest BCUT2D eigenvalue weighted by molar-refractivity contribution is -0.385. The van der Waals surface area contributed by atoms with Crippen LogP contribution in [-0.2, 0) is 4.79 Å². The third kappa shape index (κ3) is 4.42. The van der Waals surface area contributed by atoms with Crippen LogP contribution in [0.1, 0.15) is 5.56 Å². The maximum atomic E-state index is 11.8. The van der Waals surface area contributed by atoms with Crippen LogP contribution >= 0.6 is 22.6 Å². The third-order valence-electron chi connectivity index (χ3n) is 2.86. The normalized spacial score (nSPS) is 10.1. The minimum absolute atomic E-state index is 0.0238. The Labute approximate surface area is 140 Å². The minimum Gasteiger partial charge on any atom is -0.484 e. The average Bonchev–Trinajstić information content (AvgIpc) is 2.47. The standard InChI is InChI=1S/C15H13IN2O4/c1-10-8-13(6-7-14(10)18(20)21)22-9-15(19)17-12-4-2-11(16)3-5-12/h2-8H,9H2,1H3,(H,17,19). The first kappa shape index (κ1) is 16.2. The summed E-state index contributed by atoms with van der Waals surface area (Å²) in [5, 5.41) is 13.4. The molecule has 2 aromatic carbocycles. The highest BCUT2D eigenvalue weighted by Gasteiger charge is 2.11. The summed E-state index contributed by atoms with van der Waals surface area (Å²) in [7, 11) is 0. The summed E-state index contributed by atoms with van der Waals surface area (Å²) in [5.74, 6) is 0.123. The van der Waals surface area contributed by atoms with Crippen LogP contribution < -0.4 is 10.1 Å². The summed E-state index contributed by atoms with van der Waals surface area (Å²) >= 11 is 2.18. The minimum atomic E-state index is -0.456. The van der Waals surface area contributed by atoms with Crippen molar-refractivity contribution in [3.8, 4) is 5.75 Å². The van der Waals surface area contributed by atoms with E-state index in [1.54, 1.807) is 19.1 Å². The number of rotatable bonds is 5. The van der Waals surface area contributed by atoms with E-state index >= 15 is 0 Å². The molecule has 2 aromatic rings. The van der Waals surface area contributed by atoms with Gasteiger partial charge >= 0.3 is 0 Å². The van der Waals surface area contributed by atoms with Crippen LogP contribution in [0.4, 0.5) is 11.4 Å². The number of nitro groups is 1. The number of halogens is 1. The monoisotopic (exact) mass is 412 g/mol. The number of benzene rings is 2. The molecule has 0 aromatic heterocycles. The lowest BCUT2D eigenvalue weighted by Gasteiger charge is -2.08. The lowest BCUT2D eigenvalue weighted by atomic mass is 10.2. The molecule has 6 nitrogen and oxygen atoms in total. The fourth-order valence-electron chi connectivity index (χ4n) is 1.80. The first-order valence-corrected chi connectivity index (χ1v) is 7.47. The van der Waals surface area contributed by atoms with Gasteiger partial charge in [-0.25, -0.2) is 0 Å². The number of nitrogens with one attached hydrogen (secondary N) is 1. The zero-order valence-electron chi connectivity index (χ0n) is 11.7. The van der Waals surface area contributed by atoms with E-state index in [1.807, 2.05) is 12.1 Å². The van der Waals surface area contributed by atoms with E-state index < -0.39 is 4.92 Å². The van der Waals surface area contributed by atoms with Gasteiger partial charge in [0, 0.05) is 20.9 Å². The molecule has 0 atom stereocenters. The quantitative estimate of drug-likeness (QED) is 0.463. The largest absolute Gasteiger partial charge is 0.484 e. The second-order valence-electron chi connectivity index (χ2n) is 4.55. The molecule has 7 heteroatoms. The molecule has 0 aliphatic heterocycles.